The largest absolute Gasteiger partial charge is 0.479 e. The summed E-state index contributed by atoms with van der Waals surface area (Å²) in [6, 6.07) is 17.1. The van der Waals surface area contributed by atoms with E-state index in [-0.39, 0.29) is 42.4 Å². The van der Waals surface area contributed by atoms with Crippen LogP contribution in [0.4, 0.5) is 16.3 Å². The van der Waals surface area contributed by atoms with Gasteiger partial charge in [0, 0.05) is 37.9 Å². The number of aliphatic carboxylic acids is 1. The minimum atomic E-state index is -1.94. The summed E-state index contributed by atoms with van der Waals surface area (Å²) in [5.41, 5.74) is 9.41. The zero-order valence-electron chi connectivity index (χ0n) is 33.8. The van der Waals surface area contributed by atoms with Gasteiger partial charge in [0.2, 0.25) is 12.2 Å². The zero-order valence-corrected chi connectivity index (χ0v) is 33.8. The number of fused-ring (bicyclic) bond motifs is 3. The lowest BCUT2D eigenvalue weighted by molar-refractivity contribution is -0.271. The van der Waals surface area contributed by atoms with Gasteiger partial charge in [-0.1, -0.05) is 43.7 Å². The van der Waals surface area contributed by atoms with E-state index in [2.05, 4.69) is 56.3 Å². The highest BCUT2D eigenvalue weighted by atomic mass is 16.7. The number of pyridine rings is 1. The third-order valence-corrected chi connectivity index (χ3v) is 9.96. The summed E-state index contributed by atoms with van der Waals surface area (Å²) in [6.07, 6.45) is -8.08. The molecule has 1 saturated heterocycles. The summed E-state index contributed by atoms with van der Waals surface area (Å²) < 4.78 is 18.6. The lowest BCUT2D eigenvalue weighted by Gasteiger charge is -2.38. The number of ether oxygens (including phenoxy) is 3. The number of aromatic nitrogens is 3. The number of aromatic carboxylic acids is 1. The molecule has 9 N–H and O–H groups in total. The van der Waals surface area contributed by atoms with Gasteiger partial charge in [-0.25, -0.2) is 24.4 Å². The monoisotopic (exact) mass is 843 g/mol. The van der Waals surface area contributed by atoms with Gasteiger partial charge in [-0.3, -0.25) is 10.1 Å². The number of aliphatic hydroxyl groups is 3. The van der Waals surface area contributed by atoms with Gasteiger partial charge >= 0.3 is 18.0 Å². The van der Waals surface area contributed by atoms with E-state index in [1.54, 1.807) is 6.07 Å². The summed E-state index contributed by atoms with van der Waals surface area (Å²) in [4.78, 5) is 61.5. The molecule has 6 rings (SSSR count). The van der Waals surface area contributed by atoms with Crippen molar-refractivity contribution in [3.8, 4) is 5.75 Å². The number of nitrogens with zero attached hydrogens (tertiary/aromatic N) is 4. The molecule has 0 aliphatic carbocycles. The Balaban J connectivity index is 1.29. The van der Waals surface area contributed by atoms with Gasteiger partial charge in [0.05, 0.1) is 22.3 Å². The number of carbonyl (C=O) groups excluding carboxylic acids is 2. The van der Waals surface area contributed by atoms with Crippen LogP contribution in [0.25, 0.3) is 21.9 Å². The Morgan fingerprint density at radius 2 is 1.62 bits per heavy atom. The van der Waals surface area contributed by atoms with Crippen LogP contribution in [-0.2, 0) is 45.2 Å². The van der Waals surface area contributed by atoms with Crippen LogP contribution in [0.15, 0.2) is 60.7 Å². The minimum Gasteiger partial charge on any atom is -0.479 e. The molecule has 2 aromatic heterocycles. The van der Waals surface area contributed by atoms with E-state index >= 15 is 0 Å². The first-order valence-corrected chi connectivity index (χ1v) is 19.6. The highest BCUT2D eigenvalue weighted by Crippen LogP contribution is 2.34. The van der Waals surface area contributed by atoms with Crippen molar-refractivity contribution in [1.29, 1.82) is 0 Å². The Labute approximate surface area is 349 Å². The average Bonchev–Trinajstić information content (AvgIpc) is 3.58. The molecule has 3 heterocycles. The lowest BCUT2D eigenvalue weighted by Crippen LogP contribution is -2.61. The van der Waals surface area contributed by atoms with Crippen molar-refractivity contribution in [2.75, 3.05) is 31.3 Å². The van der Waals surface area contributed by atoms with Crippen molar-refractivity contribution in [2.24, 2.45) is 5.73 Å². The quantitative estimate of drug-likeness (QED) is 0.0668. The third-order valence-electron chi connectivity index (χ3n) is 9.96. The number of aryl methyl sites for hydroxylation is 1. The Morgan fingerprint density at radius 1 is 0.902 bits per heavy atom. The van der Waals surface area contributed by atoms with Crippen molar-refractivity contribution in [1.82, 2.24) is 19.4 Å². The fourth-order valence-corrected chi connectivity index (χ4v) is 6.92. The van der Waals surface area contributed by atoms with Gasteiger partial charge in [-0.05, 0) is 67.5 Å². The third kappa shape index (κ3) is 10.4. The van der Waals surface area contributed by atoms with Crippen molar-refractivity contribution in [3.05, 3.63) is 88.7 Å². The van der Waals surface area contributed by atoms with Gasteiger partial charge in [-0.2, -0.15) is 0 Å². The topological polar surface area (TPSA) is 281 Å². The summed E-state index contributed by atoms with van der Waals surface area (Å²) in [5.74, 6) is -2.59. The lowest BCUT2D eigenvalue weighted by atomic mass is 9.99. The van der Waals surface area contributed by atoms with Crippen LogP contribution < -0.4 is 21.1 Å². The highest BCUT2D eigenvalue weighted by Gasteiger charge is 2.48. The maximum atomic E-state index is 13.5. The molecule has 61 heavy (non-hydrogen) atoms. The number of carbonyl (C=O) groups is 4. The fraction of sp³-hybridized carbons (Fsp3) is 0.381. The van der Waals surface area contributed by atoms with E-state index in [1.807, 2.05) is 14.1 Å². The standard InChI is InChI=1S/C42H49N7O12/c1-4-5-6-30-46-32-33(49(30)20-23-9-7-22(8-10-23)19-48(2)3)26-13-12-25(39(54)55)18-27(26)45-38(32)47-42(58)59-21-24-11-14-29(28(17-24)44-31(50)15-16-43)60-41-36(53)34(51)35(52)37(61-41)40(56)57/h7-14,17-18,34-37,41,51-53H,4-6,15-16,19-21,43H2,1-3H3,(H,44,50)(H,54,55)(H,56,57)(H,45,47,58)/t34-,35-,36+,37-,41+/m0/s1. The predicted octanol–water partition coefficient (Wildman–Crippen LogP) is 3.04. The maximum Gasteiger partial charge on any atom is 0.413 e. The van der Waals surface area contributed by atoms with Crippen molar-refractivity contribution in [2.45, 2.75) is 83.0 Å². The molecule has 1 fully saturated rings. The molecule has 3 aromatic carbocycles. The normalized spacial score (nSPS) is 18.9. The van der Waals surface area contributed by atoms with Crippen LogP contribution in [-0.4, -0.2) is 120 Å². The molecule has 0 saturated carbocycles. The number of anilines is 2. The number of carboxylic acids is 2. The average molecular weight is 844 g/mol. The number of aliphatic hydroxyl groups excluding tert-OH is 3. The predicted molar refractivity (Wildman–Crippen MR) is 221 cm³/mol. The van der Waals surface area contributed by atoms with Gasteiger partial charge in [0.25, 0.3) is 0 Å². The number of rotatable bonds is 17. The Morgan fingerprint density at radius 3 is 2.30 bits per heavy atom. The molecule has 0 spiro atoms. The number of imidazole rings is 1. The first kappa shape index (κ1) is 44.3. The highest BCUT2D eigenvalue weighted by molar-refractivity contribution is 6.10. The van der Waals surface area contributed by atoms with E-state index in [4.69, 9.17) is 24.9 Å². The SMILES string of the molecule is CCCCc1nc2c(NC(=O)OCc3ccc(O[C@@H]4O[C@H](C(=O)O)[C@@H](O)[C@H](O)[C@H]4O)c(NC(=O)CCN)c3)nc3cc(C(=O)O)ccc3c2n1Cc1ccc(CN(C)C)cc1. The van der Waals surface area contributed by atoms with Crippen molar-refractivity contribution >= 4 is 57.4 Å². The second-order valence-corrected chi connectivity index (χ2v) is 14.9. The number of unbranched alkanes of at least 4 members (excludes halogenated alkanes) is 1. The van der Waals surface area contributed by atoms with Gasteiger partial charge in [0.15, 0.2) is 11.9 Å². The molecule has 0 unspecified atom stereocenters. The van der Waals surface area contributed by atoms with E-state index in [0.29, 0.717) is 40.5 Å². The molecule has 19 nitrogen and oxygen atoms in total. The Hall–Kier alpha value is -6.22. The number of amides is 2. The Bertz CT molecular complexity index is 2400. The first-order valence-electron chi connectivity index (χ1n) is 19.6. The second-order valence-electron chi connectivity index (χ2n) is 14.9. The number of nitrogens with two attached hydrogens (primary N) is 1. The molecule has 324 valence electrons. The second kappa shape index (κ2) is 19.4. The van der Waals surface area contributed by atoms with E-state index in [0.717, 1.165) is 36.3 Å². The van der Waals surface area contributed by atoms with Gasteiger partial charge < -0.3 is 60.3 Å². The first-order chi connectivity index (χ1) is 29.2. The summed E-state index contributed by atoms with van der Waals surface area (Å²) in [6.45, 7) is 2.96. The van der Waals surface area contributed by atoms with Crippen LogP contribution >= 0.6 is 0 Å². The number of hydrogen-bond acceptors (Lipinski definition) is 14. The number of benzene rings is 3. The maximum absolute atomic E-state index is 13.5. The molecule has 2 amide bonds. The van der Waals surface area contributed by atoms with Crippen LogP contribution in [0, 0.1) is 0 Å². The van der Waals surface area contributed by atoms with Crippen LogP contribution in [0.2, 0.25) is 0 Å². The minimum absolute atomic E-state index is 0.00319. The van der Waals surface area contributed by atoms with Gasteiger partial charge in [0.1, 0.15) is 42.0 Å². The zero-order chi connectivity index (χ0) is 44.0. The number of carboxylic acid groups (broad SMARTS) is 2. The summed E-state index contributed by atoms with van der Waals surface area (Å²) in [5, 5.41) is 56.0. The van der Waals surface area contributed by atoms with Gasteiger partial charge in [-0.15, -0.1) is 0 Å². The number of hydrogen-bond donors (Lipinski definition) is 8. The molecule has 1 aliphatic heterocycles. The molecule has 0 radical (unpaired) electrons. The van der Waals surface area contributed by atoms with E-state index in [1.165, 1.54) is 30.3 Å². The number of nitrogens with one attached hydrogen (secondary N) is 2. The summed E-state index contributed by atoms with van der Waals surface area (Å²) in [7, 11) is 4.00. The van der Waals surface area contributed by atoms with E-state index in [9.17, 15) is 44.7 Å². The van der Waals surface area contributed by atoms with Crippen LogP contribution in [0.5, 0.6) is 5.75 Å². The summed E-state index contributed by atoms with van der Waals surface area (Å²) >= 11 is 0. The smallest absolute Gasteiger partial charge is 0.413 e. The molecule has 0 bridgehead atoms. The molecule has 1 aliphatic rings. The molecule has 5 atom stereocenters. The molecule has 5 aromatic rings. The molecule has 19 heteroatoms. The van der Waals surface area contributed by atoms with Crippen LogP contribution in [0.1, 0.15) is 59.1 Å². The van der Waals surface area contributed by atoms with Crippen LogP contribution in [0.3, 0.4) is 0 Å². The molecular formula is C42H49N7O12. The Kier molecular flexibility index (Phi) is 14.1. The van der Waals surface area contributed by atoms with Crippen molar-refractivity contribution < 1.29 is 58.9 Å². The fourth-order valence-electron chi connectivity index (χ4n) is 6.92. The van der Waals surface area contributed by atoms with Crippen molar-refractivity contribution in [3.63, 3.8) is 0 Å². The van der Waals surface area contributed by atoms with E-state index < -0.39 is 54.6 Å². The molecular weight excluding hydrogens is 794 g/mol.